The third-order valence-electron chi connectivity index (χ3n) is 3.09. The maximum Gasteiger partial charge on any atom is 0.314 e. The van der Waals surface area contributed by atoms with Crippen molar-refractivity contribution in [3.63, 3.8) is 0 Å². The molecule has 0 unspecified atom stereocenters. The number of carbonyl (C=O) groups is 1. The highest BCUT2D eigenvalue weighted by Crippen LogP contribution is 2.32. The number of aromatic nitrogens is 1. The van der Waals surface area contributed by atoms with Crippen LogP contribution in [0.5, 0.6) is 11.5 Å². The van der Waals surface area contributed by atoms with Crippen LogP contribution in [0.4, 0.5) is 11.5 Å². The van der Waals surface area contributed by atoms with Crippen molar-refractivity contribution in [3.05, 3.63) is 50.6 Å². The van der Waals surface area contributed by atoms with Gasteiger partial charge in [0.15, 0.2) is 17.7 Å². The summed E-state index contributed by atoms with van der Waals surface area (Å²) < 4.78 is 10.3. The van der Waals surface area contributed by atoms with Crippen LogP contribution in [0.25, 0.3) is 0 Å². The van der Waals surface area contributed by atoms with Crippen LogP contribution in [-0.2, 0) is 4.79 Å². The SMILES string of the molecule is COc1ccc(O[C@H](C)C(=O)Nc2ncc(Cl)cc2Cl)c([N+](=O)[O-])c1. The van der Waals surface area contributed by atoms with Gasteiger partial charge >= 0.3 is 5.69 Å². The van der Waals surface area contributed by atoms with Crippen LogP contribution in [-0.4, -0.2) is 29.0 Å². The summed E-state index contributed by atoms with van der Waals surface area (Å²) in [6, 6.07) is 5.47. The van der Waals surface area contributed by atoms with E-state index >= 15 is 0 Å². The first kappa shape index (κ1) is 18.8. The van der Waals surface area contributed by atoms with E-state index in [-0.39, 0.29) is 22.3 Å². The zero-order chi connectivity index (χ0) is 18.6. The van der Waals surface area contributed by atoms with Crippen LogP contribution in [0.3, 0.4) is 0 Å². The Balaban J connectivity index is 2.14. The molecule has 2 rings (SSSR count). The van der Waals surface area contributed by atoms with Crippen LogP contribution in [0.1, 0.15) is 6.92 Å². The lowest BCUT2D eigenvalue weighted by molar-refractivity contribution is -0.386. The molecule has 0 aliphatic rings. The van der Waals surface area contributed by atoms with Crippen molar-refractivity contribution >= 4 is 40.6 Å². The predicted molar refractivity (Wildman–Crippen MR) is 92.6 cm³/mol. The van der Waals surface area contributed by atoms with Crippen molar-refractivity contribution in [1.82, 2.24) is 4.98 Å². The maximum atomic E-state index is 12.2. The quantitative estimate of drug-likeness (QED) is 0.600. The van der Waals surface area contributed by atoms with Crippen molar-refractivity contribution < 1.29 is 19.2 Å². The van der Waals surface area contributed by atoms with E-state index < -0.39 is 16.9 Å². The molecular weight excluding hydrogens is 373 g/mol. The largest absolute Gasteiger partial charge is 0.496 e. The minimum atomic E-state index is -1.04. The summed E-state index contributed by atoms with van der Waals surface area (Å²) in [7, 11) is 1.39. The molecule has 1 amide bonds. The Morgan fingerprint density at radius 3 is 2.68 bits per heavy atom. The molecular formula is C15H13Cl2N3O5. The zero-order valence-corrected chi connectivity index (χ0v) is 14.7. The number of hydrogen-bond donors (Lipinski definition) is 1. The topological polar surface area (TPSA) is 104 Å². The molecule has 132 valence electrons. The van der Waals surface area contributed by atoms with Crippen molar-refractivity contribution in [1.29, 1.82) is 0 Å². The molecule has 0 fully saturated rings. The van der Waals surface area contributed by atoms with Gasteiger partial charge in [-0.2, -0.15) is 0 Å². The number of nitro benzene ring substituents is 1. The van der Waals surface area contributed by atoms with Crippen molar-refractivity contribution in [2.45, 2.75) is 13.0 Å². The summed E-state index contributed by atoms with van der Waals surface area (Å²) in [6.45, 7) is 1.44. The molecule has 1 N–H and O–H groups in total. The molecule has 0 saturated carbocycles. The van der Waals surface area contributed by atoms with E-state index in [4.69, 9.17) is 32.7 Å². The Morgan fingerprint density at radius 2 is 2.08 bits per heavy atom. The normalized spacial score (nSPS) is 11.5. The number of anilines is 1. The van der Waals surface area contributed by atoms with Gasteiger partial charge in [-0.3, -0.25) is 14.9 Å². The zero-order valence-electron chi connectivity index (χ0n) is 13.2. The van der Waals surface area contributed by atoms with E-state index in [1.807, 2.05) is 0 Å². The highest BCUT2D eigenvalue weighted by Gasteiger charge is 2.23. The number of pyridine rings is 1. The lowest BCUT2D eigenvalue weighted by Gasteiger charge is -2.15. The summed E-state index contributed by atoms with van der Waals surface area (Å²) in [5.41, 5.74) is -0.318. The molecule has 10 heteroatoms. The van der Waals surface area contributed by atoms with Gasteiger partial charge in [-0.05, 0) is 25.1 Å². The van der Waals surface area contributed by atoms with E-state index in [0.717, 1.165) is 0 Å². The van der Waals surface area contributed by atoms with E-state index in [0.29, 0.717) is 10.8 Å². The van der Waals surface area contributed by atoms with Crippen molar-refractivity contribution in [2.24, 2.45) is 0 Å². The van der Waals surface area contributed by atoms with Crippen molar-refractivity contribution in [3.8, 4) is 11.5 Å². The van der Waals surface area contributed by atoms with Crippen LogP contribution in [0.15, 0.2) is 30.5 Å². The first-order valence-corrected chi connectivity index (χ1v) is 7.68. The summed E-state index contributed by atoms with van der Waals surface area (Å²) >= 11 is 11.7. The Kier molecular flexibility index (Phi) is 6.00. The molecule has 1 aromatic heterocycles. The number of ether oxygens (including phenoxy) is 2. The first-order valence-electron chi connectivity index (χ1n) is 6.92. The molecule has 0 aliphatic carbocycles. The third-order valence-corrected chi connectivity index (χ3v) is 3.58. The lowest BCUT2D eigenvalue weighted by atomic mass is 10.2. The number of carbonyl (C=O) groups excluding carboxylic acids is 1. The van der Waals surface area contributed by atoms with E-state index in [1.54, 1.807) is 0 Å². The standard InChI is InChI=1S/C15H13Cl2N3O5/c1-8(15(21)19-14-11(17)5-9(16)7-18-14)25-13-4-3-10(24-2)6-12(13)20(22)23/h3-8H,1-2H3,(H,18,19,21)/t8-/m1/s1. The fourth-order valence-corrected chi connectivity index (χ4v) is 2.26. The second-order valence-corrected chi connectivity index (χ2v) is 5.67. The van der Waals surface area contributed by atoms with Crippen LogP contribution >= 0.6 is 23.2 Å². The van der Waals surface area contributed by atoms with Gasteiger partial charge in [0.2, 0.25) is 0 Å². The van der Waals surface area contributed by atoms with Crippen molar-refractivity contribution in [2.75, 3.05) is 12.4 Å². The van der Waals surface area contributed by atoms with Gasteiger partial charge in [-0.1, -0.05) is 23.2 Å². The van der Waals surface area contributed by atoms with Crippen LogP contribution in [0, 0.1) is 10.1 Å². The molecule has 8 nitrogen and oxygen atoms in total. The molecule has 1 heterocycles. The number of nitrogens with one attached hydrogen (secondary N) is 1. The fourth-order valence-electron chi connectivity index (χ4n) is 1.84. The summed E-state index contributed by atoms with van der Waals surface area (Å²) in [6.07, 6.45) is 0.281. The number of methoxy groups -OCH3 is 1. The number of amides is 1. The molecule has 0 aliphatic heterocycles. The predicted octanol–water partition coefficient (Wildman–Crippen LogP) is 3.71. The van der Waals surface area contributed by atoms with E-state index in [1.165, 1.54) is 44.5 Å². The number of nitrogens with zero attached hydrogens (tertiary/aromatic N) is 2. The van der Waals surface area contributed by atoms with Gasteiger partial charge in [0.05, 0.1) is 28.1 Å². The van der Waals surface area contributed by atoms with Gasteiger partial charge in [-0.15, -0.1) is 0 Å². The molecule has 0 saturated heterocycles. The van der Waals surface area contributed by atoms with Gasteiger partial charge < -0.3 is 14.8 Å². The minimum absolute atomic E-state index is 0.0661. The highest BCUT2D eigenvalue weighted by molar-refractivity contribution is 6.36. The monoisotopic (exact) mass is 385 g/mol. The number of benzene rings is 1. The molecule has 2 aromatic rings. The molecule has 25 heavy (non-hydrogen) atoms. The first-order chi connectivity index (χ1) is 11.8. The smallest absolute Gasteiger partial charge is 0.314 e. The lowest BCUT2D eigenvalue weighted by Crippen LogP contribution is -2.30. The van der Waals surface area contributed by atoms with Gasteiger partial charge in [0, 0.05) is 6.20 Å². The second kappa shape index (κ2) is 8.00. The van der Waals surface area contributed by atoms with E-state index in [2.05, 4.69) is 10.3 Å². The molecule has 0 radical (unpaired) electrons. The Hall–Kier alpha value is -2.58. The van der Waals surface area contributed by atoms with Crippen LogP contribution < -0.4 is 14.8 Å². The molecule has 1 aromatic carbocycles. The number of rotatable bonds is 6. The average molecular weight is 386 g/mol. The average Bonchev–Trinajstić information content (AvgIpc) is 2.57. The molecule has 0 spiro atoms. The Bertz CT molecular complexity index is 816. The number of halogens is 2. The molecule has 0 bridgehead atoms. The third kappa shape index (κ3) is 4.71. The highest BCUT2D eigenvalue weighted by atomic mass is 35.5. The summed E-state index contributed by atoms with van der Waals surface area (Å²) in [4.78, 5) is 26.6. The molecule has 1 atom stereocenters. The van der Waals surface area contributed by atoms with Gasteiger partial charge in [0.25, 0.3) is 5.91 Å². The maximum absolute atomic E-state index is 12.2. The fraction of sp³-hybridized carbons (Fsp3) is 0.200. The second-order valence-electron chi connectivity index (χ2n) is 4.82. The summed E-state index contributed by atoms with van der Waals surface area (Å²) in [5.74, 6) is -0.241. The Morgan fingerprint density at radius 1 is 1.36 bits per heavy atom. The van der Waals surface area contributed by atoms with Gasteiger partial charge in [0.1, 0.15) is 5.75 Å². The number of nitro groups is 1. The summed E-state index contributed by atoms with van der Waals surface area (Å²) in [5, 5.41) is 14.1. The van der Waals surface area contributed by atoms with Crippen LogP contribution in [0.2, 0.25) is 10.0 Å². The Labute approximate surface area is 152 Å². The minimum Gasteiger partial charge on any atom is -0.496 e. The van der Waals surface area contributed by atoms with Gasteiger partial charge in [-0.25, -0.2) is 4.98 Å². The van der Waals surface area contributed by atoms with E-state index in [9.17, 15) is 14.9 Å². The number of hydrogen-bond acceptors (Lipinski definition) is 6.